The van der Waals surface area contributed by atoms with Gasteiger partial charge in [0.15, 0.2) is 0 Å². The molecule has 2 saturated heterocycles. The third-order valence-corrected chi connectivity index (χ3v) is 5.09. The number of hydrogen-bond acceptors (Lipinski definition) is 4. The van der Waals surface area contributed by atoms with E-state index in [9.17, 15) is 14.9 Å². The lowest BCUT2D eigenvalue weighted by Crippen LogP contribution is -2.51. The Bertz CT molecular complexity index is 571. The zero-order valence-electron chi connectivity index (χ0n) is 13.2. The van der Waals surface area contributed by atoms with Crippen LogP contribution in [0.2, 0.25) is 0 Å². The van der Waals surface area contributed by atoms with Gasteiger partial charge >= 0.3 is 0 Å². The first kappa shape index (κ1) is 15.9. The highest BCUT2D eigenvalue weighted by Crippen LogP contribution is 2.30. The highest BCUT2D eigenvalue weighted by atomic mass is 16.6. The standard InChI is InChI=1S/C17H23N3O3/c21-17(13-6-8-15(9-7-13)20(22)23)18-12-14-4-3-11-19-10-2-1-5-16(14)19/h6-9,14,16H,1-5,10-12H2,(H,18,21)/t14-,16+/m0/s1. The van der Waals surface area contributed by atoms with Crippen LogP contribution in [0.4, 0.5) is 5.69 Å². The van der Waals surface area contributed by atoms with Gasteiger partial charge in [-0.2, -0.15) is 0 Å². The molecule has 6 heteroatoms. The second kappa shape index (κ2) is 7.08. The summed E-state index contributed by atoms with van der Waals surface area (Å²) in [5, 5.41) is 13.7. The maximum Gasteiger partial charge on any atom is 0.269 e. The van der Waals surface area contributed by atoms with Crippen LogP contribution in [0.5, 0.6) is 0 Å². The molecule has 2 aliphatic rings. The van der Waals surface area contributed by atoms with Gasteiger partial charge in [0.1, 0.15) is 0 Å². The molecule has 0 aliphatic carbocycles. The molecule has 0 saturated carbocycles. The number of hydrogen-bond donors (Lipinski definition) is 1. The molecule has 0 aromatic heterocycles. The van der Waals surface area contributed by atoms with Gasteiger partial charge in [0.2, 0.25) is 0 Å². The summed E-state index contributed by atoms with van der Waals surface area (Å²) in [6.07, 6.45) is 6.18. The van der Waals surface area contributed by atoms with Crippen LogP contribution < -0.4 is 5.32 Å². The van der Waals surface area contributed by atoms with E-state index in [2.05, 4.69) is 10.2 Å². The zero-order chi connectivity index (χ0) is 16.2. The van der Waals surface area contributed by atoms with Crippen LogP contribution in [0.25, 0.3) is 0 Å². The second-order valence-electron chi connectivity index (χ2n) is 6.52. The molecule has 2 aliphatic heterocycles. The van der Waals surface area contributed by atoms with E-state index >= 15 is 0 Å². The molecule has 1 aromatic rings. The van der Waals surface area contributed by atoms with Crippen LogP contribution in [0.1, 0.15) is 42.5 Å². The van der Waals surface area contributed by atoms with Gasteiger partial charge in [-0.1, -0.05) is 6.42 Å². The molecule has 2 heterocycles. The number of nitrogens with one attached hydrogen (secondary N) is 1. The fourth-order valence-electron chi connectivity index (χ4n) is 3.88. The van der Waals surface area contributed by atoms with Crippen LogP contribution in [-0.2, 0) is 0 Å². The molecule has 3 rings (SSSR count). The maximum absolute atomic E-state index is 12.2. The lowest BCUT2D eigenvalue weighted by Gasteiger charge is -2.44. The Morgan fingerprint density at radius 3 is 2.65 bits per heavy atom. The van der Waals surface area contributed by atoms with Gasteiger partial charge in [0, 0.05) is 30.3 Å². The number of non-ortho nitro benzene ring substituents is 1. The van der Waals surface area contributed by atoms with E-state index in [0.29, 0.717) is 24.1 Å². The van der Waals surface area contributed by atoms with Crippen molar-refractivity contribution in [2.24, 2.45) is 5.92 Å². The van der Waals surface area contributed by atoms with E-state index in [1.807, 2.05) is 0 Å². The fraction of sp³-hybridized carbons (Fsp3) is 0.588. The third-order valence-electron chi connectivity index (χ3n) is 5.09. The molecule has 6 nitrogen and oxygen atoms in total. The van der Waals surface area contributed by atoms with Crippen LogP contribution in [0, 0.1) is 16.0 Å². The molecule has 23 heavy (non-hydrogen) atoms. The Morgan fingerprint density at radius 2 is 1.91 bits per heavy atom. The Balaban J connectivity index is 1.56. The number of benzene rings is 1. The molecule has 0 spiro atoms. The van der Waals surface area contributed by atoms with E-state index < -0.39 is 4.92 Å². The van der Waals surface area contributed by atoms with Gasteiger partial charge in [-0.3, -0.25) is 14.9 Å². The average molecular weight is 317 g/mol. The minimum Gasteiger partial charge on any atom is -0.352 e. The number of amides is 1. The molecule has 1 N–H and O–H groups in total. The van der Waals surface area contributed by atoms with Gasteiger partial charge in [-0.25, -0.2) is 0 Å². The lowest BCUT2D eigenvalue weighted by molar-refractivity contribution is -0.384. The summed E-state index contributed by atoms with van der Waals surface area (Å²) in [6, 6.07) is 6.38. The quantitative estimate of drug-likeness (QED) is 0.684. The van der Waals surface area contributed by atoms with Crippen molar-refractivity contribution >= 4 is 11.6 Å². The average Bonchev–Trinajstić information content (AvgIpc) is 2.59. The summed E-state index contributed by atoms with van der Waals surface area (Å²) in [6.45, 7) is 3.08. The highest BCUT2D eigenvalue weighted by molar-refractivity contribution is 5.94. The van der Waals surface area contributed by atoms with E-state index in [1.54, 1.807) is 0 Å². The van der Waals surface area contributed by atoms with Gasteiger partial charge in [0.25, 0.3) is 11.6 Å². The normalized spacial score (nSPS) is 24.7. The number of piperidine rings is 2. The zero-order valence-corrected chi connectivity index (χ0v) is 13.2. The van der Waals surface area contributed by atoms with E-state index in [1.165, 1.54) is 69.5 Å². The number of nitro benzene ring substituents is 1. The van der Waals surface area contributed by atoms with E-state index in [-0.39, 0.29) is 11.6 Å². The number of fused-ring (bicyclic) bond motifs is 1. The van der Waals surface area contributed by atoms with Crippen LogP contribution in [-0.4, -0.2) is 41.4 Å². The molecule has 0 unspecified atom stereocenters. The van der Waals surface area contributed by atoms with E-state index in [4.69, 9.17) is 0 Å². The molecular formula is C17H23N3O3. The van der Waals surface area contributed by atoms with Gasteiger partial charge < -0.3 is 10.2 Å². The summed E-state index contributed by atoms with van der Waals surface area (Å²) in [5.74, 6) is 0.374. The monoisotopic (exact) mass is 317 g/mol. The summed E-state index contributed by atoms with van der Waals surface area (Å²) < 4.78 is 0. The fourth-order valence-corrected chi connectivity index (χ4v) is 3.88. The van der Waals surface area contributed by atoms with Crippen molar-refractivity contribution in [1.82, 2.24) is 10.2 Å². The minimum absolute atomic E-state index is 0.00618. The molecular weight excluding hydrogens is 294 g/mol. The molecule has 2 fully saturated rings. The number of rotatable bonds is 4. The first-order chi connectivity index (χ1) is 11.1. The predicted molar refractivity (Wildman–Crippen MR) is 87.4 cm³/mol. The Labute approximate surface area is 136 Å². The number of carbonyl (C=O) groups excluding carboxylic acids is 1. The second-order valence-corrected chi connectivity index (χ2v) is 6.52. The number of carbonyl (C=O) groups is 1. The van der Waals surface area contributed by atoms with Crippen LogP contribution in [0.3, 0.4) is 0 Å². The molecule has 0 radical (unpaired) electrons. The molecule has 1 aromatic carbocycles. The van der Waals surface area contributed by atoms with Crippen molar-refractivity contribution in [2.45, 2.75) is 38.1 Å². The van der Waals surface area contributed by atoms with Gasteiger partial charge in [-0.05, 0) is 56.8 Å². The first-order valence-electron chi connectivity index (χ1n) is 8.42. The lowest BCUT2D eigenvalue weighted by atomic mass is 9.83. The molecule has 2 atom stereocenters. The Kier molecular flexibility index (Phi) is 4.91. The third kappa shape index (κ3) is 3.69. The Morgan fingerprint density at radius 1 is 1.17 bits per heavy atom. The van der Waals surface area contributed by atoms with Crippen molar-refractivity contribution in [1.29, 1.82) is 0 Å². The molecule has 1 amide bonds. The number of nitrogens with zero attached hydrogens (tertiary/aromatic N) is 2. The minimum atomic E-state index is -0.457. The summed E-state index contributed by atoms with van der Waals surface area (Å²) in [4.78, 5) is 25.0. The maximum atomic E-state index is 12.2. The summed E-state index contributed by atoms with van der Waals surface area (Å²) in [5.41, 5.74) is 0.485. The van der Waals surface area contributed by atoms with Crippen LogP contribution >= 0.6 is 0 Å². The van der Waals surface area contributed by atoms with Crippen molar-refractivity contribution in [3.05, 3.63) is 39.9 Å². The highest BCUT2D eigenvalue weighted by Gasteiger charge is 2.32. The van der Waals surface area contributed by atoms with Gasteiger partial charge in [-0.15, -0.1) is 0 Å². The number of nitro groups is 1. The summed E-state index contributed by atoms with van der Waals surface area (Å²) in [7, 11) is 0. The smallest absolute Gasteiger partial charge is 0.269 e. The van der Waals surface area contributed by atoms with E-state index in [0.717, 1.165) is 0 Å². The topological polar surface area (TPSA) is 75.5 Å². The van der Waals surface area contributed by atoms with Gasteiger partial charge in [0.05, 0.1) is 4.92 Å². The van der Waals surface area contributed by atoms with Crippen molar-refractivity contribution in [3.8, 4) is 0 Å². The molecule has 0 bridgehead atoms. The SMILES string of the molecule is O=C(NC[C@@H]1CCCN2CCCC[C@H]12)c1ccc([N+](=O)[O-])cc1. The van der Waals surface area contributed by atoms with Crippen LogP contribution in [0.15, 0.2) is 24.3 Å². The van der Waals surface area contributed by atoms with Crippen molar-refractivity contribution in [2.75, 3.05) is 19.6 Å². The largest absolute Gasteiger partial charge is 0.352 e. The van der Waals surface area contributed by atoms with Crippen molar-refractivity contribution in [3.63, 3.8) is 0 Å². The predicted octanol–water partition coefficient (Wildman–Crippen LogP) is 2.59. The molecule has 124 valence electrons. The van der Waals surface area contributed by atoms with Crippen molar-refractivity contribution < 1.29 is 9.72 Å². The first-order valence-corrected chi connectivity index (χ1v) is 8.42. The summed E-state index contributed by atoms with van der Waals surface area (Å²) >= 11 is 0. The Hall–Kier alpha value is -1.95.